The molecular weight excluding hydrogens is 400 g/mol. The lowest BCUT2D eigenvalue weighted by molar-refractivity contribution is -0.140. The second kappa shape index (κ2) is 9.61. The molecule has 0 bridgehead atoms. The average molecular weight is 426 g/mol. The molecule has 8 heteroatoms. The first-order valence-electron chi connectivity index (χ1n) is 9.98. The molecule has 0 radical (unpaired) electrons. The van der Waals surface area contributed by atoms with Gasteiger partial charge in [-0.3, -0.25) is 14.4 Å². The predicted molar refractivity (Wildman–Crippen MR) is 117 cm³/mol. The minimum Gasteiger partial charge on any atom is -0.507 e. The van der Waals surface area contributed by atoms with Gasteiger partial charge in [-0.05, 0) is 36.9 Å². The van der Waals surface area contributed by atoms with Crippen LogP contribution < -0.4 is 11.1 Å². The zero-order valence-electron chi connectivity index (χ0n) is 17.8. The van der Waals surface area contributed by atoms with Crippen molar-refractivity contribution in [3.05, 3.63) is 73.9 Å². The van der Waals surface area contributed by atoms with E-state index in [1.807, 2.05) is 12.1 Å². The van der Waals surface area contributed by atoms with E-state index in [9.17, 15) is 19.5 Å². The first-order valence-corrected chi connectivity index (χ1v) is 9.98. The number of aromatic nitrogens is 2. The van der Waals surface area contributed by atoms with E-state index < -0.39 is 23.0 Å². The van der Waals surface area contributed by atoms with Crippen molar-refractivity contribution in [1.29, 1.82) is 0 Å². The molecule has 0 saturated carbocycles. The summed E-state index contributed by atoms with van der Waals surface area (Å²) < 4.78 is 11.4. The molecule has 3 rings (SSSR count). The topological polar surface area (TPSA) is 111 Å². The lowest BCUT2D eigenvalue weighted by Gasteiger charge is -2.20. The number of carbonyl (C=O) groups excluding carboxylic acids is 1. The molecule has 0 amide bonds. The summed E-state index contributed by atoms with van der Waals surface area (Å²) in [5.74, 6) is -1.82. The molecule has 0 saturated heterocycles. The van der Waals surface area contributed by atoms with Crippen molar-refractivity contribution in [2.75, 3.05) is 20.8 Å². The number of nitrogens with one attached hydrogen (secondary N) is 1. The Morgan fingerprint density at radius 3 is 2.65 bits per heavy atom. The molecule has 1 unspecified atom stereocenters. The second-order valence-electron chi connectivity index (χ2n) is 7.36. The summed E-state index contributed by atoms with van der Waals surface area (Å²) in [7, 11) is 2.82. The highest BCUT2D eigenvalue weighted by atomic mass is 16.5. The fourth-order valence-corrected chi connectivity index (χ4v) is 3.78. The average Bonchev–Trinajstić information content (AvgIpc) is 2.74. The maximum Gasteiger partial charge on any atom is 0.306 e. The monoisotopic (exact) mass is 426 g/mol. The van der Waals surface area contributed by atoms with Gasteiger partial charge in [0, 0.05) is 43.0 Å². The maximum absolute atomic E-state index is 13.4. The number of fused-ring (bicyclic) bond motifs is 1. The third kappa shape index (κ3) is 4.69. The number of esters is 1. The molecule has 1 aromatic carbocycles. The lowest BCUT2D eigenvalue weighted by Crippen LogP contribution is -2.31. The van der Waals surface area contributed by atoms with E-state index in [0.717, 1.165) is 5.39 Å². The molecule has 31 heavy (non-hydrogen) atoms. The van der Waals surface area contributed by atoms with Gasteiger partial charge >= 0.3 is 5.97 Å². The Balaban J connectivity index is 2.22. The molecule has 3 aromatic rings. The van der Waals surface area contributed by atoms with E-state index in [1.165, 1.54) is 17.7 Å². The SMILES string of the molecule is COCCCn1c(C)cc(O)c(C(CC(=O)OC)c2cc3ccccc3[nH]c2=O)c1=O. The third-order valence-corrected chi connectivity index (χ3v) is 5.36. The van der Waals surface area contributed by atoms with Crippen LogP contribution in [0.2, 0.25) is 0 Å². The van der Waals surface area contributed by atoms with E-state index in [-0.39, 0.29) is 23.3 Å². The van der Waals surface area contributed by atoms with E-state index in [0.29, 0.717) is 30.8 Å². The number of H-pyrrole nitrogens is 1. The van der Waals surface area contributed by atoms with Crippen LogP contribution in [0.25, 0.3) is 10.9 Å². The van der Waals surface area contributed by atoms with Crippen LogP contribution in [-0.4, -0.2) is 41.5 Å². The molecule has 1 atom stereocenters. The molecule has 2 N–H and O–H groups in total. The summed E-state index contributed by atoms with van der Waals surface area (Å²) in [6.45, 7) is 2.57. The van der Waals surface area contributed by atoms with Gasteiger partial charge < -0.3 is 24.1 Å². The largest absolute Gasteiger partial charge is 0.507 e. The highest BCUT2D eigenvalue weighted by Gasteiger charge is 2.28. The summed E-state index contributed by atoms with van der Waals surface area (Å²) >= 11 is 0. The number of benzene rings is 1. The number of hydrogen-bond acceptors (Lipinski definition) is 6. The van der Waals surface area contributed by atoms with Crippen molar-refractivity contribution in [3.8, 4) is 5.75 Å². The maximum atomic E-state index is 13.4. The molecule has 0 aliphatic heterocycles. The first-order chi connectivity index (χ1) is 14.9. The molecule has 0 fully saturated rings. The number of aromatic amines is 1. The van der Waals surface area contributed by atoms with Gasteiger partial charge in [0.1, 0.15) is 5.75 Å². The Kier molecular flexibility index (Phi) is 6.91. The summed E-state index contributed by atoms with van der Waals surface area (Å²) in [5, 5.41) is 11.4. The van der Waals surface area contributed by atoms with Crippen molar-refractivity contribution < 1.29 is 19.4 Å². The molecule has 2 aromatic heterocycles. The molecule has 0 spiro atoms. The number of pyridine rings is 2. The zero-order valence-corrected chi connectivity index (χ0v) is 17.8. The van der Waals surface area contributed by atoms with Crippen molar-refractivity contribution >= 4 is 16.9 Å². The van der Waals surface area contributed by atoms with Crippen molar-refractivity contribution in [1.82, 2.24) is 9.55 Å². The van der Waals surface area contributed by atoms with Gasteiger partial charge in [-0.1, -0.05) is 18.2 Å². The molecule has 164 valence electrons. The van der Waals surface area contributed by atoms with Gasteiger partial charge in [-0.15, -0.1) is 0 Å². The van der Waals surface area contributed by atoms with Gasteiger partial charge in [0.05, 0.1) is 19.1 Å². The minimum atomic E-state index is -0.970. The van der Waals surface area contributed by atoms with Crippen LogP contribution in [0.4, 0.5) is 0 Å². The van der Waals surface area contributed by atoms with Gasteiger partial charge in [-0.25, -0.2) is 0 Å². The molecule has 2 heterocycles. The standard InChI is InChI=1S/C23H26N2O6/c1-14-11-19(26)21(23(29)25(14)9-6-10-30-2)16(13-20(27)31-3)17-12-15-7-4-5-8-18(15)24-22(17)28/h4-5,7-8,11-12,16,26H,6,9-10,13H2,1-3H3,(H,24,28). The van der Waals surface area contributed by atoms with E-state index in [4.69, 9.17) is 9.47 Å². The van der Waals surface area contributed by atoms with Crippen LogP contribution >= 0.6 is 0 Å². The van der Waals surface area contributed by atoms with Gasteiger partial charge in [-0.2, -0.15) is 0 Å². The Morgan fingerprint density at radius 2 is 1.94 bits per heavy atom. The first kappa shape index (κ1) is 22.3. The Morgan fingerprint density at radius 1 is 1.19 bits per heavy atom. The van der Waals surface area contributed by atoms with Crippen LogP contribution in [0.15, 0.2) is 46.0 Å². The van der Waals surface area contributed by atoms with E-state index in [2.05, 4.69) is 4.98 Å². The minimum absolute atomic E-state index is 0.00537. The lowest BCUT2D eigenvalue weighted by atomic mass is 9.88. The number of carbonyl (C=O) groups is 1. The third-order valence-electron chi connectivity index (χ3n) is 5.36. The number of aryl methyl sites for hydroxylation is 1. The summed E-state index contributed by atoms with van der Waals surface area (Å²) in [6.07, 6.45) is 0.335. The number of ether oxygens (including phenoxy) is 2. The molecule has 0 aliphatic rings. The number of rotatable bonds is 8. The van der Waals surface area contributed by atoms with Gasteiger partial charge in [0.2, 0.25) is 0 Å². The number of hydrogen-bond donors (Lipinski definition) is 2. The smallest absolute Gasteiger partial charge is 0.306 e. The molecule has 8 nitrogen and oxygen atoms in total. The van der Waals surface area contributed by atoms with Crippen molar-refractivity contribution in [2.24, 2.45) is 0 Å². The molecule has 0 aliphatic carbocycles. The van der Waals surface area contributed by atoms with Crippen LogP contribution in [0.3, 0.4) is 0 Å². The van der Waals surface area contributed by atoms with Gasteiger partial charge in [0.15, 0.2) is 0 Å². The fourth-order valence-electron chi connectivity index (χ4n) is 3.78. The molecular formula is C23H26N2O6. The number of aromatic hydroxyl groups is 1. The van der Waals surface area contributed by atoms with Crippen LogP contribution in [-0.2, 0) is 20.8 Å². The van der Waals surface area contributed by atoms with E-state index >= 15 is 0 Å². The normalized spacial score (nSPS) is 12.1. The van der Waals surface area contributed by atoms with Crippen LogP contribution in [0.5, 0.6) is 5.75 Å². The predicted octanol–water partition coefficient (Wildman–Crippen LogP) is 2.44. The van der Waals surface area contributed by atoms with Crippen molar-refractivity contribution in [3.63, 3.8) is 0 Å². The number of nitrogens with zero attached hydrogens (tertiary/aromatic N) is 1. The summed E-state index contributed by atoms with van der Waals surface area (Å²) in [5.41, 5.74) is 0.538. The van der Waals surface area contributed by atoms with Crippen molar-refractivity contribution in [2.45, 2.75) is 32.2 Å². The Labute approximate surface area is 179 Å². The summed E-state index contributed by atoms with van der Waals surface area (Å²) in [6, 6.07) is 10.3. The highest BCUT2D eigenvalue weighted by Crippen LogP contribution is 2.32. The summed E-state index contributed by atoms with van der Waals surface area (Å²) in [4.78, 5) is 41.2. The number of para-hydroxylation sites is 1. The van der Waals surface area contributed by atoms with Gasteiger partial charge in [0.25, 0.3) is 11.1 Å². The number of methoxy groups -OCH3 is 2. The van der Waals surface area contributed by atoms with Crippen LogP contribution in [0.1, 0.15) is 35.6 Å². The fraction of sp³-hybridized carbons (Fsp3) is 0.348. The Bertz CT molecular complexity index is 1210. The van der Waals surface area contributed by atoms with E-state index in [1.54, 1.807) is 32.2 Å². The highest BCUT2D eigenvalue weighted by molar-refractivity contribution is 5.79. The quantitative estimate of drug-likeness (QED) is 0.423. The van der Waals surface area contributed by atoms with Crippen LogP contribution in [0, 0.1) is 6.92 Å². The second-order valence-corrected chi connectivity index (χ2v) is 7.36. The zero-order chi connectivity index (χ0) is 22.5. The Hall–Kier alpha value is -3.39.